The molecule has 5 nitrogen and oxygen atoms in total. The lowest BCUT2D eigenvalue weighted by molar-refractivity contribution is -0.162. The van der Waals surface area contributed by atoms with Crippen LogP contribution in [0.25, 0.3) is 0 Å². The largest absolute Gasteiger partial charge is 0.462 e. The van der Waals surface area contributed by atoms with Crippen LogP contribution >= 0.6 is 0 Å². The maximum Gasteiger partial charge on any atom is 0.306 e. The van der Waals surface area contributed by atoms with E-state index in [1.165, 1.54) is 32.1 Å². The van der Waals surface area contributed by atoms with E-state index in [9.17, 15) is 9.59 Å². The first-order valence-electron chi connectivity index (χ1n) is 24.7. The van der Waals surface area contributed by atoms with Gasteiger partial charge in [0.05, 0.1) is 6.61 Å². The van der Waals surface area contributed by atoms with Crippen molar-refractivity contribution in [2.24, 2.45) is 0 Å². The summed E-state index contributed by atoms with van der Waals surface area (Å²) in [5, 5.41) is 0. The number of carbonyl (C=O) groups is 2. The summed E-state index contributed by atoms with van der Waals surface area (Å²) in [6.45, 7) is 7.32. The summed E-state index contributed by atoms with van der Waals surface area (Å²) in [6.07, 6.45) is 73.3. The van der Waals surface area contributed by atoms with Crippen molar-refractivity contribution >= 4 is 11.9 Å². The summed E-state index contributed by atoms with van der Waals surface area (Å²) >= 11 is 0. The molecule has 5 heteroatoms. The van der Waals surface area contributed by atoms with E-state index in [1.807, 2.05) is 6.08 Å². The molecular weight excluding hydrogens is 765 g/mol. The number of unbranched alkanes of at least 4 members (excludes halogenated alkanes) is 10. The van der Waals surface area contributed by atoms with E-state index in [-0.39, 0.29) is 25.2 Å². The van der Waals surface area contributed by atoms with Gasteiger partial charge < -0.3 is 14.2 Å². The summed E-state index contributed by atoms with van der Waals surface area (Å²) in [7, 11) is 0. The van der Waals surface area contributed by atoms with E-state index in [4.69, 9.17) is 14.2 Å². The molecule has 0 radical (unpaired) electrons. The van der Waals surface area contributed by atoms with E-state index in [0.29, 0.717) is 25.9 Å². The Balaban J connectivity index is 4.41. The molecule has 0 saturated heterocycles. The van der Waals surface area contributed by atoms with Crippen molar-refractivity contribution in [2.45, 2.75) is 194 Å². The minimum absolute atomic E-state index is 0.0217. The zero-order valence-corrected chi connectivity index (χ0v) is 39.8. The van der Waals surface area contributed by atoms with Crippen molar-refractivity contribution in [3.8, 4) is 0 Å². The molecule has 348 valence electrons. The average molecular weight is 855 g/mol. The highest BCUT2D eigenvalue weighted by molar-refractivity contribution is 5.70. The Morgan fingerprint density at radius 1 is 0.355 bits per heavy atom. The van der Waals surface area contributed by atoms with Crippen LogP contribution in [-0.4, -0.2) is 37.9 Å². The van der Waals surface area contributed by atoms with Gasteiger partial charge in [0, 0.05) is 19.4 Å². The number of hydrogen-bond donors (Lipinski definition) is 0. The van der Waals surface area contributed by atoms with Crippen LogP contribution in [0.2, 0.25) is 0 Å². The number of hydrogen-bond acceptors (Lipinski definition) is 5. The highest BCUT2D eigenvalue weighted by Gasteiger charge is 2.17. The van der Waals surface area contributed by atoms with Crippen molar-refractivity contribution in [1.29, 1.82) is 0 Å². The van der Waals surface area contributed by atoms with Crippen LogP contribution in [0.1, 0.15) is 188 Å². The van der Waals surface area contributed by atoms with Crippen LogP contribution in [0.3, 0.4) is 0 Å². The molecule has 0 aromatic carbocycles. The second kappa shape index (κ2) is 51.4. The van der Waals surface area contributed by atoms with Crippen molar-refractivity contribution in [2.75, 3.05) is 19.8 Å². The Morgan fingerprint density at radius 3 is 1.15 bits per heavy atom. The van der Waals surface area contributed by atoms with Gasteiger partial charge in [-0.1, -0.05) is 193 Å². The molecule has 0 fully saturated rings. The number of allylic oxidation sites excluding steroid dienone is 22. The summed E-state index contributed by atoms with van der Waals surface area (Å²) in [4.78, 5) is 25.3. The number of ether oxygens (including phenoxy) is 3. The third kappa shape index (κ3) is 48.7. The third-order valence-corrected chi connectivity index (χ3v) is 9.68. The molecule has 0 spiro atoms. The van der Waals surface area contributed by atoms with E-state index in [0.717, 1.165) is 116 Å². The lowest BCUT2D eigenvalue weighted by Gasteiger charge is -2.18. The summed E-state index contributed by atoms with van der Waals surface area (Å²) in [6, 6.07) is 0. The van der Waals surface area contributed by atoms with Crippen LogP contribution in [0.15, 0.2) is 134 Å². The van der Waals surface area contributed by atoms with Crippen LogP contribution in [0.5, 0.6) is 0 Å². The molecule has 0 aliphatic heterocycles. The minimum atomic E-state index is -0.595. The highest BCUT2D eigenvalue weighted by atomic mass is 16.6. The Bertz CT molecular complexity index is 1330. The molecule has 0 rings (SSSR count). The Labute approximate surface area is 381 Å². The quantitative estimate of drug-likeness (QED) is 0.0347. The van der Waals surface area contributed by atoms with Gasteiger partial charge >= 0.3 is 11.9 Å². The van der Waals surface area contributed by atoms with Gasteiger partial charge in [-0.2, -0.15) is 0 Å². The molecule has 62 heavy (non-hydrogen) atoms. The second-order valence-corrected chi connectivity index (χ2v) is 15.6. The van der Waals surface area contributed by atoms with E-state index in [1.54, 1.807) is 0 Å². The molecule has 1 atom stereocenters. The highest BCUT2D eigenvalue weighted by Crippen LogP contribution is 2.11. The van der Waals surface area contributed by atoms with Gasteiger partial charge in [-0.05, 0) is 116 Å². The van der Waals surface area contributed by atoms with Crippen LogP contribution in [0.4, 0.5) is 0 Å². The lowest BCUT2D eigenvalue weighted by atomic mass is 10.1. The van der Waals surface area contributed by atoms with Crippen LogP contribution in [0, 0.1) is 0 Å². The van der Waals surface area contributed by atoms with Crippen molar-refractivity contribution in [1.82, 2.24) is 0 Å². The van der Waals surface area contributed by atoms with Crippen molar-refractivity contribution in [3.63, 3.8) is 0 Å². The van der Waals surface area contributed by atoms with E-state index >= 15 is 0 Å². The molecule has 1 unspecified atom stereocenters. The first kappa shape index (κ1) is 58.0. The SMILES string of the molecule is CC/C=C\C/C=C\C/C=C\C/C=C\CCCCCCCCCOCC(COC(=O)CC/C=C\C/C=C\C/C=C\C/C=C\CC)OC(=O)CCCCC/C=C\C/C=C\C/C=C\CC. The number of esters is 2. The maximum absolute atomic E-state index is 12.8. The zero-order chi connectivity index (χ0) is 44.9. The van der Waals surface area contributed by atoms with Crippen molar-refractivity contribution in [3.05, 3.63) is 134 Å². The normalized spacial score (nSPS) is 13.4. The first-order valence-corrected chi connectivity index (χ1v) is 24.7. The molecule has 0 heterocycles. The molecule has 0 aromatic heterocycles. The van der Waals surface area contributed by atoms with Gasteiger partial charge in [0.15, 0.2) is 6.10 Å². The van der Waals surface area contributed by atoms with Crippen LogP contribution < -0.4 is 0 Å². The summed E-state index contributed by atoms with van der Waals surface area (Å²) in [5.74, 6) is -0.543. The fourth-order valence-corrected chi connectivity index (χ4v) is 6.12. The second-order valence-electron chi connectivity index (χ2n) is 15.6. The molecule has 0 aliphatic carbocycles. The monoisotopic (exact) mass is 855 g/mol. The average Bonchev–Trinajstić information content (AvgIpc) is 3.27. The van der Waals surface area contributed by atoms with Crippen molar-refractivity contribution < 1.29 is 23.8 Å². The molecule has 0 bridgehead atoms. The topological polar surface area (TPSA) is 61.8 Å². The number of carbonyl (C=O) groups excluding carboxylic acids is 2. The molecule has 0 amide bonds. The predicted octanol–water partition coefficient (Wildman–Crippen LogP) is 16.8. The third-order valence-electron chi connectivity index (χ3n) is 9.68. The van der Waals surface area contributed by atoms with Gasteiger partial charge in [-0.15, -0.1) is 0 Å². The lowest BCUT2D eigenvalue weighted by Crippen LogP contribution is -2.30. The standard InChI is InChI=1S/C57H90O5/c1-4-7-10-13-16-19-22-25-26-27-28-29-30-31-34-37-40-43-46-49-52-60-53-55(62-57(59)51-48-45-42-39-36-33-24-21-18-15-12-9-6-3)54-61-56(58)50-47-44-41-38-35-32-23-20-17-14-11-8-5-2/h7-12,16-21,25-26,28-29,32-33,35-36,41,44,55H,4-6,13-15,22-24,27,30-31,34,37-40,42-43,45-54H2,1-3H3/b10-7-,11-8-,12-9-,19-16-,20-17-,21-18-,26-25-,29-28-,35-32-,36-33-,44-41-. The van der Waals surface area contributed by atoms with Crippen LogP contribution in [-0.2, 0) is 23.8 Å². The molecule has 0 aliphatic rings. The molecule has 0 aromatic rings. The zero-order valence-electron chi connectivity index (χ0n) is 39.8. The Morgan fingerprint density at radius 2 is 0.710 bits per heavy atom. The molecule has 0 N–H and O–H groups in total. The first-order chi connectivity index (χ1) is 30.6. The van der Waals surface area contributed by atoms with Gasteiger partial charge in [0.25, 0.3) is 0 Å². The predicted molar refractivity (Wildman–Crippen MR) is 269 cm³/mol. The smallest absolute Gasteiger partial charge is 0.306 e. The summed E-state index contributed by atoms with van der Waals surface area (Å²) in [5.41, 5.74) is 0. The number of rotatable bonds is 43. The fourth-order valence-electron chi connectivity index (χ4n) is 6.12. The fraction of sp³-hybridized carbons (Fsp3) is 0.579. The van der Waals surface area contributed by atoms with E-state index < -0.39 is 6.10 Å². The maximum atomic E-state index is 12.8. The minimum Gasteiger partial charge on any atom is -0.462 e. The van der Waals surface area contributed by atoms with E-state index in [2.05, 4.69) is 148 Å². The Hall–Kier alpha value is -3.96. The Kier molecular flexibility index (Phi) is 48.1. The van der Waals surface area contributed by atoms with Gasteiger partial charge in [-0.25, -0.2) is 0 Å². The summed E-state index contributed by atoms with van der Waals surface area (Å²) < 4.78 is 17.3. The van der Waals surface area contributed by atoms with Gasteiger partial charge in [0.1, 0.15) is 6.61 Å². The molecular formula is C57H90O5. The van der Waals surface area contributed by atoms with Gasteiger partial charge in [0.2, 0.25) is 0 Å². The molecule has 0 saturated carbocycles. The van der Waals surface area contributed by atoms with Gasteiger partial charge in [-0.3, -0.25) is 9.59 Å².